The zero-order valence-electron chi connectivity index (χ0n) is 7.56. The minimum atomic E-state index is 0.617. The van der Waals surface area contributed by atoms with Crippen LogP contribution in [0.3, 0.4) is 0 Å². The first kappa shape index (κ1) is 7.87. The van der Waals surface area contributed by atoms with E-state index >= 15 is 0 Å². The minimum absolute atomic E-state index is 0.617. The highest BCUT2D eigenvalue weighted by Crippen LogP contribution is 2.30. The number of fused-ring (bicyclic) bond motifs is 1. The van der Waals surface area contributed by atoms with Gasteiger partial charge in [-0.05, 0) is 36.9 Å². The summed E-state index contributed by atoms with van der Waals surface area (Å²) in [5.74, 6) is 0. The Kier molecular flexibility index (Phi) is 2.17. The quantitative estimate of drug-likeness (QED) is 0.702. The number of aryl methyl sites for hydroxylation is 1. The summed E-state index contributed by atoms with van der Waals surface area (Å²) in [6, 6.07) is 0.617. The van der Waals surface area contributed by atoms with Crippen LogP contribution in [0.5, 0.6) is 0 Å². The summed E-state index contributed by atoms with van der Waals surface area (Å²) in [6.45, 7) is 3.34. The molecule has 12 heavy (non-hydrogen) atoms. The van der Waals surface area contributed by atoms with E-state index in [1.54, 1.807) is 0 Å². The van der Waals surface area contributed by atoms with Crippen molar-refractivity contribution < 1.29 is 0 Å². The molecule has 0 bridgehead atoms. The lowest BCUT2D eigenvalue weighted by atomic mass is 10.2. The highest BCUT2D eigenvalue weighted by atomic mass is 14.9. The van der Waals surface area contributed by atoms with Gasteiger partial charge in [-0.25, -0.2) is 0 Å². The standard InChI is InChI=1S/C10H16N2/c1-2-5-12-10-4-3-8-6-11-7-9(8)10/h6-7,10-12H,2-5H2,1H3. The van der Waals surface area contributed by atoms with Crippen LogP contribution in [-0.2, 0) is 6.42 Å². The molecule has 2 nitrogen and oxygen atoms in total. The third kappa shape index (κ3) is 1.27. The van der Waals surface area contributed by atoms with Crippen molar-refractivity contribution in [1.29, 1.82) is 0 Å². The van der Waals surface area contributed by atoms with Crippen LogP contribution in [0.25, 0.3) is 0 Å². The number of H-pyrrole nitrogens is 1. The van der Waals surface area contributed by atoms with Crippen molar-refractivity contribution in [2.75, 3.05) is 6.54 Å². The average molecular weight is 164 g/mol. The fourth-order valence-electron chi connectivity index (χ4n) is 1.93. The molecule has 1 aliphatic carbocycles. The van der Waals surface area contributed by atoms with Crippen LogP contribution in [0.1, 0.15) is 36.9 Å². The Bertz CT molecular complexity index is 252. The summed E-state index contributed by atoms with van der Waals surface area (Å²) in [5.41, 5.74) is 2.99. The third-order valence-corrected chi connectivity index (χ3v) is 2.59. The predicted molar refractivity (Wildman–Crippen MR) is 50.1 cm³/mol. The molecule has 2 rings (SSSR count). The Balaban J connectivity index is 2.02. The van der Waals surface area contributed by atoms with Crippen LogP contribution >= 0.6 is 0 Å². The average Bonchev–Trinajstić information content (AvgIpc) is 2.62. The van der Waals surface area contributed by atoms with E-state index in [0.29, 0.717) is 6.04 Å². The molecule has 0 saturated heterocycles. The zero-order valence-corrected chi connectivity index (χ0v) is 7.56. The van der Waals surface area contributed by atoms with Crippen LogP contribution in [0.4, 0.5) is 0 Å². The molecule has 1 aromatic heterocycles. The van der Waals surface area contributed by atoms with Crippen LogP contribution in [0, 0.1) is 0 Å². The van der Waals surface area contributed by atoms with E-state index in [0.717, 1.165) is 6.54 Å². The lowest BCUT2D eigenvalue weighted by Crippen LogP contribution is -2.19. The van der Waals surface area contributed by atoms with Gasteiger partial charge in [-0.15, -0.1) is 0 Å². The second kappa shape index (κ2) is 3.31. The monoisotopic (exact) mass is 164 g/mol. The van der Waals surface area contributed by atoms with Gasteiger partial charge in [0.1, 0.15) is 0 Å². The first-order chi connectivity index (χ1) is 5.92. The van der Waals surface area contributed by atoms with E-state index in [2.05, 4.69) is 29.6 Å². The van der Waals surface area contributed by atoms with Crippen molar-refractivity contribution in [3.05, 3.63) is 23.5 Å². The third-order valence-electron chi connectivity index (χ3n) is 2.59. The van der Waals surface area contributed by atoms with Gasteiger partial charge in [0.25, 0.3) is 0 Å². The highest BCUT2D eigenvalue weighted by Gasteiger charge is 2.21. The molecule has 0 fully saturated rings. The number of nitrogens with one attached hydrogen (secondary N) is 2. The van der Waals surface area contributed by atoms with Crippen LogP contribution in [0.2, 0.25) is 0 Å². The Morgan fingerprint density at radius 3 is 3.33 bits per heavy atom. The molecule has 0 saturated carbocycles. The topological polar surface area (TPSA) is 27.8 Å². The molecule has 1 heterocycles. The molecular formula is C10H16N2. The smallest absolute Gasteiger partial charge is 0.0341 e. The van der Waals surface area contributed by atoms with Gasteiger partial charge in [0, 0.05) is 18.4 Å². The second-order valence-electron chi connectivity index (χ2n) is 3.48. The van der Waals surface area contributed by atoms with Crippen molar-refractivity contribution in [3.8, 4) is 0 Å². The van der Waals surface area contributed by atoms with Gasteiger partial charge in [-0.2, -0.15) is 0 Å². The summed E-state index contributed by atoms with van der Waals surface area (Å²) < 4.78 is 0. The van der Waals surface area contributed by atoms with Crippen LogP contribution in [0.15, 0.2) is 12.4 Å². The SMILES string of the molecule is CCCNC1CCc2c[nH]cc21. The predicted octanol–water partition coefficient (Wildman–Crippen LogP) is 2.00. The lowest BCUT2D eigenvalue weighted by Gasteiger charge is -2.10. The van der Waals surface area contributed by atoms with Gasteiger partial charge in [-0.3, -0.25) is 0 Å². The van der Waals surface area contributed by atoms with Gasteiger partial charge in [0.15, 0.2) is 0 Å². The summed E-state index contributed by atoms with van der Waals surface area (Å²) in [6.07, 6.45) is 7.99. The van der Waals surface area contributed by atoms with Gasteiger partial charge in [0.05, 0.1) is 0 Å². The Morgan fingerprint density at radius 2 is 2.50 bits per heavy atom. The van der Waals surface area contributed by atoms with E-state index in [4.69, 9.17) is 0 Å². The van der Waals surface area contributed by atoms with Crippen LogP contribution in [-0.4, -0.2) is 11.5 Å². The zero-order chi connectivity index (χ0) is 8.39. The van der Waals surface area contributed by atoms with E-state index in [9.17, 15) is 0 Å². The van der Waals surface area contributed by atoms with E-state index < -0.39 is 0 Å². The normalized spacial score (nSPS) is 21.2. The van der Waals surface area contributed by atoms with Crippen molar-refractivity contribution in [2.45, 2.75) is 32.2 Å². The molecule has 0 aliphatic heterocycles. The molecule has 1 aromatic rings. The molecule has 2 heteroatoms. The highest BCUT2D eigenvalue weighted by molar-refractivity contribution is 5.31. The first-order valence-electron chi connectivity index (χ1n) is 4.80. The summed E-state index contributed by atoms with van der Waals surface area (Å²) in [7, 11) is 0. The number of rotatable bonds is 3. The second-order valence-corrected chi connectivity index (χ2v) is 3.48. The maximum absolute atomic E-state index is 3.55. The number of hydrogen-bond acceptors (Lipinski definition) is 1. The molecule has 2 N–H and O–H groups in total. The maximum Gasteiger partial charge on any atom is 0.0341 e. The Morgan fingerprint density at radius 1 is 1.58 bits per heavy atom. The van der Waals surface area contributed by atoms with Crippen molar-refractivity contribution >= 4 is 0 Å². The fraction of sp³-hybridized carbons (Fsp3) is 0.600. The molecule has 0 spiro atoms. The molecule has 0 amide bonds. The molecule has 1 unspecified atom stereocenters. The van der Waals surface area contributed by atoms with Crippen molar-refractivity contribution in [1.82, 2.24) is 10.3 Å². The maximum atomic E-state index is 3.55. The molecule has 0 radical (unpaired) electrons. The van der Waals surface area contributed by atoms with E-state index in [1.165, 1.54) is 30.4 Å². The van der Waals surface area contributed by atoms with Gasteiger partial charge in [-0.1, -0.05) is 6.92 Å². The number of hydrogen-bond donors (Lipinski definition) is 2. The van der Waals surface area contributed by atoms with Gasteiger partial charge in [0.2, 0.25) is 0 Å². The van der Waals surface area contributed by atoms with E-state index in [-0.39, 0.29) is 0 Å². The summed E-state index contributed by atoms with van der Waals surface area (Å²) in [5, 5.41) is 3.55. The molecule has 0 aromatic carbocycles. The molecular weight excluding hydrogens is 148 g/mol. The summed E-state index contributed by atoms with van der Waals surface area (Å²) >= 11 is 0. The van der Waals surface area contributed by atoms with Gasteiger partial charge >= 0.3 is 0 Å². The van der Waals surface area contributed by atoms with E-state index in [1.807, 2.05) is 0 Å². The van der Waals surface area contributed by atoms with Crippen molar-refractivity contribution in [3.63, 3.8) is 0 Å². The minimum Gasteiger partial charge on any atom is -0.367 e. The molecule has 1 aliphatic rings. The first-order valence-corrected chi connectivity index (χ1v) is 4.80. The lowest BCUT2D eigenvalue weighted by molar-refractivity contribution is 0.528. The summed E-state index contributed by atoms with van der Waals surface area (Å²) in [4.78, 5) is 3.17. The van der Waals surface area contributed by atoms with Crippen LogP contribution < -0.4 is 5.32 Å². The molecule has 66 valence electrons. The molecule has 1 atom stereocenters. The van der Waals surface area contributed by atoms with Gasteiger partial charge < -0.3 is 10.3 Å². The largest absolute Gasteiger partial charge is 0.367 e. The Labute approximate surface area is 73.4 Å². The number of aromatic amines is 1. The Hall–Kier alpha value is -0.760. The van der Waals surface area contributed by atoms with Crippen molar-refractivity contribution in [2.24, 2.45) is 0 Å². The fourth-order valence-corrected chi connectivity index (χ4v) is 1.93. The number of aromatic nitrogens is 1.